The van der Waals surface area contributed by atoms with E-state index in [1.807, 2.05) is 11.0 Å². The number of nitrogens with zero attached hydrogens (tertiary/aromatic N) is 3. The van der Waals surface area contributed by atoms with Crippen molar-refractivity contribution >= 4 is 5.91 Å². The van der Waals surface area contributed by atoms with E-state index in [-0.39, 0.29) is 17.7 Å². The Morgan fingerprint density at radius 3 is 2.73 bits per heavy atom. The zero-order chi connectivity index (χ0) is 15.2. The molecule has 1 amide bonds. The predicted octanol–water partition coefficient (Wildman–Crippen LogP) is 0.921. The Labute approximate surface area is 130 Å². The molecule has 0 bridgehead atoms. The van der Waals surface area contributed by atoms with Crippen LogP contribution in [0.2, 0.25) is 0 Å². The molecule has 0 saturated carbocycles. The Balaban J connectivity index is 1.60. The van der Waals surface area contributed by atoms with Crippen molar-refractivity contribution in [3.8, 4) is 0 Å². The number of hydrogen-bond donors (Lipinski definition) is 0. The lowest BCUT2D eigenvalue weighted by molar-refractivity contribution is -0.138. The van der Waals surface area contributed by atoms with E-state index in [0.717, 1.165) is 31.6 Å². The SMILES string of the molecule is O=C(C1CCOCC1)N1CCOC[C@@H](Cc2ncccn2)C1. The van der Waals surface area contributed by atoms with Crippen LogP contribution in [-0.2, 0) is 20.7 Å². The Kier molecular flexibility index (Phi) is 5.34. The van der Waals surface area contributed by atoms with Gasteiger partial charge in [-0.15, -0.1) is 0 Å². The molecule has 120 valence electrons. The first-order valence-electron chi connectivity index (χ1n) is 8.03. The molecule has 2 fully saturated rings. The lowest BCUT2D eigenvalue weighted by atomic mass is 9.97. The van der Waals surface area contributed by atoms with E-state index in [1.165, 1.54) is 0 Å². The van der Waals surface area contributed by atoms with Crippen molar-refractivity contribution in [1.82, 2.24) is 14.9 Å². The summed E-state index contributed by atoms with van der Waals surface area (Å²) in [6.45, 7) is 4.08. The number of aromatic nitrogens is 2. The average molecular weight is 305 g/mol. The van der Waals surface area contributed by atoms with Crippen LogP contribution in [-0.4, -0.2) is 60.3 Å². The van der Waals surface area contributed by atoms with E-state index < -0.39 is 0 Å². The van der Waals surface area contributed by atoms with Crippen LogP contribution in [0.3, 0.4) is 0 Å². The molecule has 0 spiro atoms. The van der Waals surface area contributed by atoms with Crippen LogP contribution >= 0.6 is 0 Å². The van der Waals surface area contributed by atoms with Gasteiger partial charge in [0, 0.05) is 57.0 Å². The van der Waals surface area contributed by atoms with Crippen molar-refractivity contribution < 1.29 is 14.3 Å². The molecule has 0 N–H and O–H groups in total. The molecule has 1 atom stereocenters. The summed E-state index contributed by atoms with van der Waals surface area (Å²) in [4.78, 5) is 23.2. The molecule has 0 unspecified atom stereocenters. The van der Waals surface area contributed by atoms with E-state index >= 15 is 0 Å². The molecule has 2 aliphatic rings. The number of rotatable bonds is 3. The minimum absolute atomic E-state index is 0.112. The second-order valence-corrected chi connectivity index (χ2v) is 5.98. The third-order valence-electron chi connectivity index (χ3n) is 4.31. The highest BCUT2D eigenvalue weighted by Crippen LogP contribution is 2.20. The van der Waals surface area contributed by atoms with Gasteiger partial charge in [0.25, 0.3) is 0 Å². The predicted molar refractivity (Wildman–Crippen MR) is 80.2 cm³/mol. The van der Waals surface area contributed by atoms with Gasteiger partial charge in [-0.1, -0.05) is 0 Å². The van der Waals surface area contributed by atoms with Crippen LogP contribution in [0.4, 0.5) is 0 Å². The number of amides is 1. The zero-order valence-corrected chi connectivity index (χ0v) is 12.8. The van der Waals surface area contributed by atoms with Gasteiger partial charge in [0.05, 0.1) is 13.2 Å². The van der Waals surface area contributed by atoms with Crippen molar-refractivity contribution in [2.75, 3.05) is 39.5 Å². The largest absolute Gasteiger partial charge is 0.381 e. The van der Waals surface area contributed by atoms with Crippen LogP contribution in [0.25, 0.3) is 0 Å². The normalized spacial score (nSPS) is 24.0. The average Bonchev–Trinajstić information content (AvgIpc) is 2.81. The zero-order valence-electron chi connectivity index (χ0n) is 12.8. The summed E-state index contributed by atoms with van der Waals surface area (Å²) >= 11 is 0. The number of carbonyl (C=O) groups is 1. The van der Waals surface area contributed by atoms with Crippen molar-refractivity contribution in [2.45, 2.75) is 19.3 Å². The van der Waals surface area contributed by atoms with E-state index in [1.54, 1.807) is 12.4 Å². The third kappa shape index (κ3) is 4.01. The molecule has 0 aromatic carbocycles. The summed E-state index contributed by atoms with van der Waals surface area (Å²) in [5, 5.41) is 0. The topological polar surface area (TPSA) is 64.5 Å². The fourth-order valence-corrected chi connectivity index (χ4v) is 3.10. The molecule has 0 radical (unpaired) electrons. The smallest absolute Gasteiger partial charge is 0.225 e. The van der Waals surface area contributed by atoms with Gasteiger partial charge in [-0.05, 0) is 18.9 Å². The standard InChI is InChI=1S/C16H23N3O3/c20-16(14-2-7-21-8-3-14)19-6-9-22-12-13(11-19)10-15-17-4-1-5-18-15/h1,4-5,13-14H,2-3,6-12H2/t13-/m0/s1. The second kappa shape index (κ2) is 7.65. The molecule has 2 saturated heterocycles. The molecule has 22 heavy (non-hydrogen) atoms. The lowest BCUT2D eigenvalue weighted by Crippen LogP contribution is -2.41. The molecule has 6 nitrogen and oxygen atoms in total. The summed E-state index contributed by atoms with van der Waals surface area (Å²) in [6, 6.07) is 1.81. The molecule has 3 rings (SSSR count). The molecule has 3 heterocycles. The Morgan fingerprint density at radius 2 is 1.95 bits per heavy atom. The van der Waals surface area contributed by atoms with Crippen LogP contribution in [0, 0.1) is 11.8 Å². The maximum atomic E-state index is 12.7. The van der Waals surface area contributed by atoms with Gasteiger partial charge in [0.1, 0.15) is 5.82 Å². The molecular weight excluding hydrogens is 282 g/mol. The highest BCUT2D eigenvalue weighted by Gasteiger charge is 2.29. The Bertz CT molecular complexity index is 477. The molecule has 1 aromatic rings. The first kappa shape index (κ1) is 15.4. The first-order chi connectivity index (χ1) is 10.8. The van der Waals surface area contributed by atoms with Gasteiger partial charge >= 0.3 is 0 Å². The summed E-state index contributed by atoms with van der Waals surface area (Å²) in [7, 11) is 0. The molecule has 1 aromatic heterocycles. The Hall–Kier alpha value is -1.53. The third-order valence-corrected chi connectivity index (χ3v) is 4.31. The van der Waals surface area contributed by atoms with Gasteiger partial charge in [-0.25, -0.2) is 9.97 Å². The fourth-order valence-electron chi connectivity index (χ4n) is 3.10. The minimum atomic E-state index is 0.112. The van der Waals surface area contributed by atoms with E-state index in [9.17, 15) is 4.79 Å². The van der Waals surface area contributed by atoms with Gasteiger partial charge in [0.15, 0.2) is 0 Å². The summed E-state index contributed by atoms with van der Waals surface area (Å²) < 4.78 is 11.0. The van der Waals surface area contributed by atoms with E-state index in [0.29, 0.717) is 33.0 Å². The maximum absolute atomic E-state index is 12.7. The van der Waals surface area contributed by atoms with Crippen molar-refractivity contribution in [3.05, 3.63) is 24.3 Å². The van der Waals surface area contributed by atoms with Crippen LogP contribution in [0.5, 0.6) is 0 Å². The first-order valence-corrected chi connectivity index (χ1v) is 8.03. The van der Waals surface area contributed by atoms with Gasteiger partial charge in [-0.3, -0.25) is 4.79 Å². The number of ether oxygens (including phenoxy) is 2. The van der Waals surface area contributed by atoms with Gasteiger partial charge in [0.2, 0.25) is 5.91 Å². The Morgan fingerprint density at radius 1 is 1.18 bits per heavy atom. The van der Waals surface area contributed by atoms with Crippen molar-refractivity contribution in [2.24, 2.45) is 11.8 Å². The number of hydrogen-bond acceptors (Lipinski definition) is 5. The van der Waals surface area contributed by atoms with Crippen LogP contribution in [0.1, 0.15) is 18.7 Å². The van der Waals surface area contributed by atoms with Crippen LogP contribution < -0.4 is 0 Å². The monoisotopic (exact) mass is 305 g/mol. The van der Waals surface area contributed by atoms with E-state index in [2.05, 4.69) is 9.97 Å². The lowest BCUT2D eigenvalue weighted by Gasteiger charge is -2.29. The van der Waals surface area contributed by atoms with E-state index in [4.69, 9.17) is 9.47 Å². The molecule has 2 aliphatic heterocycles. The summed E-state index contributed by atoms with van der Waals surface area (Å²) in [6.07, 6.45) is 5.93. The highest BCUT2D eigenvalue weighted by molar-refractivity contribution is 5.79. The second-order valence-electron chi connectivity index (χ2n) is 5.98. The van der Waals surface area contributed by atoms with Crippen LogP contribution in [0.15, 0.2) is 18.5 Å². The van der Waals surface area contributed by atoms with Gasteiger partial charge in [-0.2, -0.15) is 0 Å². The van der Waals surface area contributed by atoms with Crippen molar-refractivity contribution in [1.29, 1.82) is 0 Å². The fraction of sp³-hybridized carbons (Fsp3) is 0.688. The quantitative estimate of drug-likeness (QED) is 0.831. The van der Waals surface area contributed by atoms with Gasteiger partial charge < -0.3 is 14.4 Å². The molecule has 6 heteroatoms. The number of carbonyl (C=O) groups excluding carboxylic acids is 1. The molecular formula is C16H23N3O3. The summed E-state index contributed by atoms with van der Waals surface area (Å²) in [5.41, 5.74) is 0. The van der Waals surface area contributed by atoms with Crippen molar-refractivity contribution in [3.63, 3.8) is 0 Å². The maximum Gasteiger partial charge on any atom is 0.225 e. The minimum Gasteiger partial charge on any atom is -0.381 e. The molecule has 0 aliphatic carbocycles. The highest BCUT2D eigenvalue weighted by atomic mass is 16.5. The summed E-state index contributed by atoms with van der Waals surface area (Å²) in [5.74, 6) is 1.44.